The van der Waals surface area contributed by atoms with Gasteiger partial charge >= 0.3 is 5.97 Å². The third-order valence-corrected chi connectivity index (χ3v) is 2.78. The smallest absolute Gasteiger partial charge is 0.339 e. The average molecular weight is 269 g/mol. The molecule has 100 valence electrons. The summed E-state index contributed by atoms with van der Waals surface area (Å²) in [5.74, 6) is -0.558. The first-order valence-corrected chi connectivity index (χ1v) is 5.78. The Labute approximate surface area is 115 Å². The van der Waals surface area contributed by atoms with Crippen molar-refractivity contribution in [2.75, 3.05) is 7.11 Å². The second-order valence-corrected chi connectivity index (χ2v) is 4.00. The largest absolute Gasteiger partial charge is 0.465 e. The molecular weight excluding hydrogens is 258 g/mol. The minimum absolute atomic E-state index is 0.218. The summed E-state index contributed by atoms with van der Waals surface area (Å²) in [5.41, 5.74) is 1.42. The summed E-state index contributed by atoms with van der Waals surface area (Å²) in [5, 5.41) is 13.2. The van der Waals surface area contributed by atoms with Gasteiger partial charge in [-0.05, 0) is 17.7 Å². The van der Waals surface area contributed by atoms with E-state index in [1.165, 1.54) is 17.9 Å². The highest BCUT2D eigenvalue weighted by molar-refractivity contribution is 5.92. The van der Waals surface area contributed by atoms with Crippen molar-refractivity contribution in [2.45, 2.75) is 6.54 Å². The number of nitriles is 1. The van der Waals surface area contributed by atoms with Gasteiger partial charge in [0.1, 0.15) is 11.8 Å². The van der Waals surface area contributed by atoms with Crippen molar-refractivity contribution in [1.82, 2.24) is 9.78 Å². The summed E-state index contributed by atoms with van der Waals surface area (Å²) in [6.45, 7) is 0.293. The minimum atomic E-state index is -0.558. The first kappa shape index (κ1) is 13.5. The van der Waals surface area contributed by atoms with Crippen molar-refractivity contribution in [3.05, 3.63) is 52.8 Å². The van der Waals surface area contributed by atoms with Crippen molar-refractivity contribution >= 4 is 12.3 Å². The number of esters is 1. The highest BCUT2D eigenvalue weighted by Gasteiger charge is 2.15. The number of rotatable bonds is 4. The van der Waals surface area contributed by atoms with Crippen LogP contribution in [-0.2, 0) is 11.3 Å². The average Bonchev–Trinajstić information content (AvgIpc) is 2.93. The molecule has 1 heterocycles. The van der Waals surface area contributed by atoms with Gasteiger partial charge in [0, 0.05) is 6.20 Å². The quantitative estimate of drug-likeness (QED) is 0.618. The zero-order valence-corrected chi connectivity index (χ0v) is 10.7. The van der Waals surface area contributed by atoms with E-state index in [4.69, 9.17) is 0 Å². The van der Waals surface area contributed by atoms with E-state index in [-0.39, 0.29) is 11.1 Å². The predicted octanol–water partition coefficient (Wildman–Crippen LogP) is 1.40. The lowest BCUT2D eigenvalue weighted by molar-refractivity contribution is 0.0600. The van der Waals surface area contributed by atoms with Crippen LogP contribution in [0.4, 0.5) is 0 Å². The molecule has 0 unspecified atom stereocenters. The number of carbonyl (C=O) groups excluding carboxylic acids is 2. The Morgan fingerprint density at radius 1 is 1.50 bits per heavy atom. The van der Waals surface area contributed by atoms with Crippen molar-refractivity contribution in [2.24, 2.45) is 0 Å². The van der Waals surface area contributed by atoms with E-state index >= 15 is 0 Å². The molecule has 0 fully saturated rings. The van der Waals surface area contributed by atoms with E-state index in [2.05, 4.69) is 9.84 Å². The highest BCUT2D eigenvalue weighted by Crippen LogP contribution is 2.16. The zero-order chi connectivity index (χ0) is 14.5. The number of methoxy groups -OCH3 is 1. The van der Waals surface area contributed by atoms with Gasteiger partial charge in [0.05, 0.1) is 24.8 Å². The predicted molar refractivity (Wildman–Crippen MR) is 69.2 cm³/mol. The summed E-state index contributed by atoms with van der Waals surface area (Å²) in [4.78, 5) is 22.2. The van der Waals surface area contributed by atoms with Gasteiger partial charge in [-0.25, -0.2) is 4.79 Å². The Bertz CT molecular complexity index is 698. The van der Waals surface area contributed by atoms with Crippen LogP contribution in [0.5, 0.6) is 0 Å². The molecule has 6 heteroatoms. The van der Waals surface area contributed by atoms with Crippen LogP contribution >= 0.6 is 0 Å². The SMILES string of the molecule is COC(=O)c1cccc(Cn2ccc(C=O)n2)c1C#N. The molecule has 2 aromatic rings. The summed E-state index contributed by atoms with van der Waals surface area (Å²) in [7, 11) is 1.26. The maximum atomic E-state index is 11.6. The lowest BCUT2D eigenvalue weighted by Gasteiger charge is -2.08. The molecular formula is C14H11N3O3. The number of hydrogen-bond acceptors (Lipinski definition) is 5. The molecule has 2 rings (SSSR count). The normalized spacial score (nSPS) is 9.80. The van der Waals surface area contributed by atoms with Gasteiger partial charge in [0.2, 0.25) is 0 Å². The minimum Gasteiger partial charge on any atom is -0.465 e. The van der Waals surface area contributed by atoms with Gasteiger partial charge in [-0.1, -0.05) is 12.1 Å². The summed E-state index contributed by atoms with van der Waals surface area (Å²) >= 11 is 0. The molecule has 1 aromatic carbocycles. The third-order valence-electron chi connectivity index (χ3n) is 2.78. The number of nitrogens with zero attached hydrogens (tertiary/aromatic N) is 3. The summed E-state index contributed by atoms with van der Waals surface area (Å²) < 4.78 is 6.18. The molecule has 0 bridgehead atoms. The second kappa shape index (κ2) is 5.80. The van der Waals surface area contributed by atoms with Crippen molar-refractivity contribution in [3.63, 3.8) is 0 Å². The Kier molecular flexibility index (Phi) is 3.91. The molecule has 0 atom stereocenters. The number of aldehydes is 1. The molecule has 0 N–H and O–H groups in total. The molecule has 0 aliphatic carbocycles. The molecule has 0 saturated carbocycles. The molecule has 0 radical (unpaired) electrons. The number of carbonyl (C=O) groups is 2. The maximum Gasteiger partial charge on any atom is 0.339 e. The zero-order valence-electron chi connectivity index (χ0n) is 10.7. The van der Waals surface area contributed by atoms with Crippen molar-refractivity contribution < 1.29 is 14.3 Å². The molecule has 6 nitrogen and oxygen atoms in total. The molecule has 0 aliphatic heterocycles. The highest BCUT2D eigenvalue weighted by atomic mass is 16.5. The van der Waals surface area contributed by atoms with Gasteiger partial charge < -0.3 is 4.74 Å². The molecule has 0 spiro atoms. The van der Waals surface area contributed by atoms with Gasteiger partial charge in [-0.15, -0.1) is 0 Å². The Morgan fingerprint density at radius 3 is 2.90 bits per heavy atom. The van der Waals surface area contributed by atoms with Gasteiger partial charge in [0.25, 0.3) is 0 Å². The lowest BCUT2D eigenvalue weighted by atomic mass is 10.0. The topological polar surface area (TPSA) is 85.0 Å². The molecule has 0 amide bonds. The Balaban J connectivity index is 2.39. The fourth-order valence-electron chi connectivity index (χ4n) is 1.85. The first-order valence-electron chi connectivity index (χ1n) is 5.78. The summed E-state index contributed by atoms with van der Waals surface area (Å²) in [6, 6.07) is 8.52. The fraction of sp³-hybridized carbons (Fsp3) is 0.143. The molecule has 1 aromatic heterocycles. The third kappa shape index (κ3) is 2.57. The van der Waals surface area contributed by atoms with Crippen LogP contribution in [0.2, 0.25) is 0 Å². The standard InChI is InChI=1S/C14H11N3O3/c1-20-14(19)12-4-2-3-10(13(12)7-15)8-17-6-5-11(9-18)16-17/h2-6,9H,8H2,1H3. The van der Waals surface area contributed by atoms with Crippen LogP contribution in [0.15, 0.2) is 30.5 Å². The number of aromatic nitrogens is 2. The van der Waals surface area contributed by atoms with E-state index in [0.717, 1.165) is 0 Å². The van der Waals surface area contributed by atoms with Crippen LogP contribution in [0.1, 0.15) is 32.0 Å². The van der Waals surface area contributed by atoms with E-state index in [1.807, 2.05) is 6.07 Å². The van der Waals surface area contributed by atoms with Crippen LogP contribution in [0.3, 0.4) is 0 Å². The van der Waals surface area contributed by atoms with Crippen molar-refractivity contribution in [3.8, 4) is 6.07 Å². The van der Waals surface area contributed by atoms with Gasteiger partial charge in [0.15, 0.2) is 6.29 Å². The molecule has 0 saturated heterocycles. The number of ether oxygens (including phenoxy) is 1. The second-order valence-electron chi connectivity index (χ2n) is 4.00. The van der Waals surface area contributed by atoms with Gasteiger partial charge in [-0.3, -0.25) is 9.48 Å². The lowest BCUT2D eigenvalue weighted by Crippen LogP contribution is -2.09. The van der Waals surface area contributed by atoms with E-state index in [1.54, 1.807) is 24.4 Å². The Morgan fingerprint density at radius 2 is 2.30 bits per heavy atom. The Hall–Kier alpha value is -2.94. The fourth-order valence-corrected chi connectivity index (χ4v) is 1.85. The monoisotopic (exact) mass is 269 g/mol. The molecule has 20 heavy (non-hydrogen) atoms. The van der Waals surface area contributed by atoms with Crippen LogP contribution in [0.25, 0.3) is 0 Å². The van der Waals surface area contributed by atoms with Crippen LogP contribution in [-0.4, -0.2) is 29.1 Å². The molecule has 0 aliphatic rings. The van der Waals surface area contributed by atoms with Crippen molar-refractivity contribution in [1.29, 1.82) is 5.26 Å². The van der Waals surface area contributed by atoms with Gasteiger partial charge in [-0.2, -0.15) is 10.4 Å². The van der Waals surface area contributed by atoms with E-state index in [0.29, 0.717) is 24.1 Å². The summed E-state index contributed by atoms with van der Waals surface area (Å²) in [6.07, 6.45) is 2.28. The maximum absolute atomic E-state index is 11.6. The van der Waals surface area contributed by atoms with E-state index < -0.39 is 5.97 Å². The number of benzene rings is 1. The van der Waals surface area contributed by atoms with Crippen LogP contribution in [0, 0.1) is 11.3 Å². The number of hydrogen-bond donors (Lipinski definition) is 0. The van der Waals surface area contributed by atoms with Crippen LogP contribution < -0.4 is 0 Å². The van der Waals surface area contributed by atoms with E-state index in [9.17, 15) is 14.9 Å². The first-order chi connectivity index (χ1) is 9.69.